The third-order valence-corrected chi connectivity index (χ3v) is 5.03. The third-order valence-electron chi connectivity index (χ3n) is 4.23. The summed E-state index contributed by atoms with van der Waals surface area (Å²) in [6.07, 6.45) is 1.29. The molecule has 0 aromatic heterocycles. The van der Waals surface area contributed by atoms with Crippen molar-refractivity contribution in [3.63, 3.8) is 0 Å². The molecule has 2 amide bonds. The fourth-order valence-electron chi connectivity index (χ4n) is 2.60. The fraction of sp³-hybridized carbons (Fsp3) is 0.0435. The number of carbonyl (C=O) groups excluding carboxylic acids is 3. The van der Waals surface area contributed by atoms with E-state index in [1.165, 1.54) is 43.7 Å². The van der Waals surface area contributed by atoms with E-state index in [1.807, 2.05) is 0 Å². The molecule has 0 aliphatic heterocycles. The number of nitrogens with one attached hydrogen (secondary N) is 2. The summed E-state index contributed by atoms with van der Waals surface area (Å²) in [4.78, 5) is 36.3. The van der Waals surface area contributed by atoms with Crippen molar-refractivity contribution >= 4 is 64.5 Å². The van der Waals surface area contributed by atoms with E-state index in [4.69, 9.17) is 44.3 Å². The number of methoxy groups -OCH3 is 1. The van der Waals surface area contributed by atoms with E-state index >= 15 is 0 Å². The van der Waals surface area contributed by atoms with Gasteiger partial charge in [-0.1, -0.05) is 34.8 Å². The van der Waals surface area contributed by atoms with Gasteiger partial charge in [0.05, 0.1) is 23.9 Å². The number of benzene rings is 3. The van der Waals surface area contributed by atoms with Crippen molar-refractivity contribution in [2.75, 3.05) is 12.4 Å². The molecule has 3 aromatic carbocycles. The summed E-state index contributed by atoms with van der Waals surface area (Å²) in [5.41, 5.74) is 3.16. The average molecular weight is 521 g/mol. The second kappa shape index (κ2) is 11.5. The van der Waals surface area contributed by atoms with Gasteiger partial charge in [0.1, 0.15) is 0 Å². The molecule has 0 aliphatic carbocycles. The van der Waals surface area contributed by atoms with Crippen LogP contribution in [0.3, 0.4) is 0 Å². The Hall–Kier alpha value is -3.59. The molecule has 3 aromatic rings. The number of ether oxygens (including phenoxy) is 2. The van der Waals surface area contributed by atoms with Crippen LogP contribution in [0.2, 0.25) is 15.1 Å². The molecule has 0 radical (unpaired) electrons. The summed E-state index contributed by atoms with van der Waals surface area (Å²) >= 11 is 17.7. The van der Waals surface area contributed by atoms with Gasteiger partial charge in [0, 0.05) is 15.7 Å². The number of halogens is 3. The summed E-state index contributed by atoms with van der Waals surface area (Å²) in [7, 11) is 1.39. The lowest BCUT2D eigenvalue weighted by Crippen LogP contribution is -2.32. The van der Waals surface area contributed by atoms with Gasteiger partial charge in [0.25, 0.3) is 0 Å². The molecule has 0 saturated heterocycles. The first kappa shape index (κ1) is 25.0. The fourth-order valence-corrected chi connectivity index (χ4v) is 3.21. The Labute approximate surface area is 209 Å². The molecule has 11 heteroatoms. The summed E-state index contributed by atoms with van der Waals surface area (Å²) in [5, 5.41) is 7.20. The molecule has 0 aliphatic rings. The Morgan fingerprint density at radius 1 is 0.853 bits per heavy atom. The van der Waals surface area contributed by atoms with Gasteiger partial charge in [-0.05, 0) is 66.2 Å². The monoisotopic (exact) mass is 519 g/mol. The van der Waals surface area contributed by atoms with Gasteiger partial charge in [-0.15, -0.1) is 0 Å². The molecular weight excluding hydrogens is 505 g/mol. The smallest absolute Gasteiger partial charge is 0.345 e. The Bertz CT molecular complexity index is 1260. The van der Waals surface area contributed by atoms with Crippen LogP contribution in [0.15, 0.2) is 65.8 Å². The Kier molecular flexibility index (Phi) is 8.48. The van der Waals surface area contributed by atoms with Crippen molar-refractivity contribution < 1.29 is 23.9 Å². The normalized spacial score (nSPS) is 10.6. The SMILES string of the molecule is COc1cc(/C=N/NC(=O)C(=O)Nc2ccc(Cl)cc2)ccc1OC(=O)c1ccc(Cl)cc1Cl. The molecule has 174 valence electrons. The number of carbonyl (C=O) groups is 3. The second-order valence-electron chi connectivity index (χ2n) is 6.58. The predicted molar refractivity (Wildman–Crippen MR) is 130 cm³/mol. The lowest BCUT2D eigenvalue weighted by molar-refractivity contribution is -0.136. The van der Waals surface area contributed by atoms with E-state index in [-0.39, 0.29) is 22.1 Å². The highest BCUT2D eigenvalue weighted by atomic mass is 35.5. The number of esters is 1. The molecule has 0 saturated carbocycles. The molecular formula is C23H16Cl3N3O5. The first-order valence-corrected chi connectivity index (χ1v) is 10.7. The van der Waals surface area contributed by atoms with Gasteiger partial charge in [0.15, 0.2) is 11.5 Å². The summed E-state index contributed by atoms with van der Waals surface area (Å²) < 4.78 is 10.6. The van der Waals surface area contributed by atoms with E-state index in [0.29, 0.717) is 21.3 Å². The topological polar surface area (TPSA) is 106 Å². The third kappa shape index (κ3) is 6.71. The number of hydrazone groups is 1. The number of hydrogen-bond acceptors (Lipinski definition) is 6. The molecule has 2 N–H and O–H groups in total. The minimum atomic E-state index is -0.969. The number of rotatable bonds is 6. The maximum Gasteiger partial charge on any atom is 0.345 e. The summed E-state index contributed by atoms with van der Waals surface area (Å²) in [6, 6.07) is 15.2. The van der Waals surface area contributed by atoms with Crippen LogP contribution in [0.5, 0.6) is 11.5 Å². The standard InChI is InChI=1S/C23H16Cl3N3O5/c1-33-20-10-13(2-9-19(20)34-23(32)17-8-5-15(25)11-18(17)26)12-27-29-22(31)21(30)28-16-6-3-14(24)4-7-16/h2-12H,1H3,(H,28,30)(H,29,31)/b27-12+. The van der Waals surface area contributed by atoms with Gasteiger partial charge in [0.2, 0.25) is 0 Å². The molecule has 3 rings (SSSR count). The minimum Gasteiger partial charge on any atom is -0.493 e. The van der Waals surface area contributed by atoms with Crippen molar-refractivity contribution in [2.45, 2.75) is 0 Å². The molecule has 34 heavy (non-hydrogen) atoms. The molecule has 0 atom stereocenters. The minimum absolute atomic E-state index is 0.137. The van der Waals surface area contributed by atoms with E-state index in [2.05, 4.69) is 15.8 Å². The van der Waals surface area contributed by atoms with Crippen LogP contribution in [0, 0.1) is 0 Å². The lowest BCUT2D eigenvalue weighted by atomic mass is 10.2. The molecule has 0 unspecified atom stereocenters. The van der Waals surface area contributed by atoms with Crippen LogP contribution in [0.4, 0.5) is 5.69 Å². The van der Waals surface area contributed by atoms with Crippen LogP contribution in [-0.4, -0.2) is 31.1 Å². The highest BCUT2D eigenvalue weighted by Crippen LogP contribution is 2.30. The van der Waals surface area contributed by atoms with Crippen LogP contribution in [-0.2, 0) is 9.59 Å². The van der Waals surface area contributed by atoms with Gasteiger partial charge < -0.3 is 14.8 Å². The Balaban J connectivity index is 1.62. The van der Waals surface area contributed by atoms with Gasteiger partial charge >= 0.3 is 17.8 Å². The maximum absolute atomic E-state index is 12.4. The average Bonchev–Trinajstić information content (AvgIpc) is 2.81. The lowest BCUT2D eigenvalue weighted by Gasteiger charge is -2.10. The summed E-state index contributed by atoms with van der Waals surface area (Å²) in [6.45, 7) is 0. The highest BCUT2D eigenvalue weighted by molar-refractivity contribution is 6.39. The van der Waals surface area contributed by atoms with Crippen molar-refractivity contribution in [1.82, 2.24) is 5.43 Å². The number of nitrogens with zero attached hydrogens (tertiary/aromatic N) is 1. The van der Waals surface area contributed by atoms with E-state index < -0.39 is 17.8 Å². The zero-order valence-corrected chi connectivity index (χ0v) is 19.7. The molecule has 0 fully saturated rings. The maximum atomic E-state index is 12.4. The van der Waals surface area contributed by atoms with E-state index in [1.54, 1.807) is 30.3 Å². The van der Waals surface area contributed by atoms with Crippen molar-refractivity contribution in [3.05, 3.63) is 86.9 Å². The van der Waals surface area contributed by atoms with Gasteiger partial charge in [-0.3, -0.25) is 9.59 Å². The van der Waals surface area contributed by atoms with Crippen molar-refractivity contribution in [2.24, 2.45) is 5.10 Å². The van der Waals surface area contributed by atoms with Crippen LogP contribution in [0.25, 0.3) is 0 Å². The molecule has 0 spiro atoms. The summed E-state index contributed by atoms with van der Waals surface area (Å²) in [5.74, 6) is -2.19. The van der Waals surface area contributed by atoms with E-state index in [9.17, 15) is 14.4 Å². The quantitative estimate of drug-likeness (QED) is 0.157. The van der Waals surface area contributed by atoms with Crippen LogP contribution < -0.4 is 20.2 Å². The molecule has 8 nitrogen and oxygen atoms in total. The van der Waals surface area contributed by atoms with Gasteiger partial charge in [-0.25, -0.2) is 10.2 Å². The number of anilines is 1. The zero-order chi connectivity index (χ0) is 24.7. The Morgan fingerprint density at radius 2 is 1.56 bits per heavy atom. The molecule has 0 heterocycles. The van der Waals surface area contributed by atoms with Crippen molar-refractivity contribution in [1.29, 1.82) is 0 Å². The predicted octanol–water partition coefficient (Wildman–Crippen LogP) is 4.96. The first-order valence-electron chi connectivity index (χ1n) is 9.52. The first-order chi connectivity index (χ1) is 16.3. The van der Waals surface area contributed by atoms with Crippen LogP contribution >= 0.6 is 34.8 Å². The second-order valence-corrected chi connectivity index (χ2v) is 7.86. The largest absolute Gasteiger partial charge is 0.493 e. The van der Waals surface area contributed by atoms with Gasteiger partial charge in [-0.2, -0.15) is 5.10 Å². The highest BCUT2D eigenvalue weighted by Gasteiger charge is 2.16. The van der Waals surface area contributed by atoms with Crippen molar-refractivity contribution in [3.8, 4) is 11.5 Å². The molecule has 0 bridgehead atoms. The van der Waals surface area contributed by atoms with Crippen LogP contribution in [0.1, 0.15) is 15.9 Å². The number of amides is 2. The Morgan fingerprint density at radius 3 is 2.24 bits per heavy atom. The zero-order valence-electron chi connectivity index (χ0n) is 17.5. The van der Waals surface area contributed by atoms with E-state index in [0.717, 1.165) is 0 Å². The number of hydrogen-bond donors (Lipinski definition) is 2.